The van der Waals surface area contributed by atoms with Crippen LogP contribution >= 0.6 is 0 Å². The maximum Gasteiger partial charge on any atom is 0.119 e. The van der Waals surface area contributed by atoms with Crippen molar-refractivity contribution in [1.29, 1.82) is 0 Å². The molecule has 0 saturated carbocycles. The van der Waals surface area contributed by atoms with Crippen molar-refractivity contribution in [1.82, 2.24) is 0 Å². The van der Waals surface area contributed by atoms with Gasteiger partial charge in [0.25, 0.3) is 0 Å². The molecule has 0 aliphatic rings. The minimum atomic E-state index is -0.00567. The van der Waals surface area contributed by atoms with Gasteiger partial charge in [0.15, 0.2) is 0 Å². The van der Waals surface area contributed by atoms with Crippen LogP contribution in [0, 0.1) is 13.0 Å². The van der Waals surface area contributed by atoms with Crippen molar-refractivity contribution in [3.63, 3.8) is 0 Å². The van der Waals surface area contributed by atoms with E-state index < -0.39 is 0 Å². The molecule has 65 valence electrons. The second-order valence-electron chi connectivity index (χ2n) is 4.16. The number of rotatable bonds is 0. The fourth-order valence-corrected chi connectivity index (χ4v) is 1.19. The van der Waals surface area contributed by atoms with Crippen molar-refractivity contribution in [2.75, 3.05) is 0 Å². The number of aromatic hydroxyl groups is 1. The van der Waals surface area contributed by atoms with E-state index in [0.29, 0.717) is 5.75 Å². The Morgan fingerprint density at radius 1 is 1.33 bits per heavy atom. The Bertz CT molecular complexity index is 282. The summed E-state index contributed by atoms with van der Waals surface area (Å²) < 4.78 is 0. The highest BCUT2D eigenvalue weighted by atomic mass is 16.3. The van der Waals surface area contributed by atoms with E-state index in [1.165, 1.54) is 0 Å². The number of aryl methyl sites for hydroxylation is 1. The van der Waals surface area contributed by atoms with Crippen molar-refractivity contribution in [2.45, 2.75) is 33.1 Å². The summed E-state index contributed by atoms with van der Waals surface area (Å²) >= 11 is 0. The molecule has 0 heterocycles. The van der Waals surface area contributed by atoms with Crippen LogP contribution in [0.25, 0.3) is 0 Å². The monoisotopic (exact) mass is 163 g/mol. The van der Waals surface area contributed by atoms with E-state index in [4.69, 9.17) is 0 Å². The first-order chi connectivity index (χ1) is 5.41. The van der Waals surface area contributed by atoms with E-state index in [0.717, 1.165) is 11.1 Å². The van der Waals surface area contributed by atoms with E-state index in [2.05, 4.69) is 26.8 Å². The molecule has 1 rings (SSSR count). The molecule has 1 radical (unpaired) electrons. The topological polar surface area (TPSA) is 20.2 Å². The van der Waals surface area contributed by atoms with Crippen LogP contribution in [0.3, 0.4) is 0 Å². The first-order valence-electron chi connectivity index (χ1n) is 4.13. The number of hydrogen-bond donors (Lipinski definition) is 1. The van der Waals surface area contributed by atoms with Crippen molar-refractivity contribution in [3.05, 3.63) is 29.3 Å². The fraction of sp³-hybridized carbons (Fsp3) is 0.455. The van der Waals surface area contributed by atoms with Crippen LogP contribution < -0.4 is 0 Å². The average molecular weight is 163 g/mol. The summed E-state index contributed by atoms with van der Waals surface area (Å²) in [5, 5.41) is 9.61. The summed E-state index contributed by atoms with van der Waals surface area (Å²) in [6, 6.07) is 6.70. The van der Waals surface area contributed by atoms with Crippen LogP contribution in [0.5, 0.6) is 5.75 Å². The molecule has 1 aromatic rings. The van der Waals surface area contributed by atoms with Gasteiger partial charge in [0, 0.05) is 0 Å². The van der Waals surface area contributed by atoms with Gasteiger partial charge in [-0.2, -0.15) is 0 Å². The Balaban J connectivity index is 3.19. The molecule has 0 unspecified atom stereocenters. The molecular weight excluding hydrogens is 148 g/mol. The van der Waals surface area contributed by atoms with Gasteiger partial charge in [-0.3, -0.25) is 0 Å². The minimum Gasteiger partial charge on any atom is -0.508 e. The zero-order chi connectivity index (χ0) is 9.35. The lowest BCUT2D eigenvalue weighted by Crippen LogP contribution is -2.11. The van der Waals surface area contributed by atoms with Crippen molar-refractivity contribution < 1.29 is 5.11 Å². The molecule has 12 heavy (non-hydrogen) atoms. The average Bonchev–Trinajstić information content (AvgIpc) is 1.83. The SMILES string of the molecule is Cc1[c]cc(C(C)(C)C)c(O)c1. The molecule has 0 aromatic heterocycles. The standard InChI is InChI=1S/C11H15O/c1-8-5-6-9(10(12)7-8)11(2,3)4/h6-7,12H,1-4H3. The van der Waals surface area contributed by atoms with Gasteiger partial charge < -0.3 is 5.11 Å². The molecule has 0 amide bonds. The molecule has 1 aromatic carbocycles. The maximum absolute atomic E-state index is 9.61. The molecule has 1 N–H and O–H groups in total. The summed E-state index contributed by atoms with van der Waals surface area (Å²) in [4.78, 5) is 0. The lowest BCUT2D eigenvalue weighted by atomic mass is 9.86. The third kappa shape index (κ3) is 1.79. The minimum absolute atomic E-state index is 0.00567. The third-order valence-electron chi connectivity index (χ3n) is 1.88. The van der Waals surface area contributed by atoms with E-state index in [1.54, 1.807) is 6.07 Å². The van der Waals surface area contributed by atoms with E-state index in [9.17, 15) is 5.11 Å². The largest absolute Gasteiger partial charge is 0.508 e. The van der Waals surface area contributed by atoms with Gasteiger partial charge in [0.05, 0.1) is 0 Å². The number of phenols is 1. The van der Waals surface area contributed by atoms with Gasteiger partial charge >= 0.3 is 0 Å². The first-order valence-corrected chi connectivity index (χ1v) is 4.13. The maximum atomic E-state index is 9.61. The van der Waals surface area contributed by atoms with Crippen molar-refractivity contribution in [3.8, 4) is 5.75 Å². The normalized spacial score (nSPS) is 11.7. The van der Waals surface area contributed by atoms with Gasteiger partial charge in [-0.1, -0.05) is 20.8 Å². The summed E-state index contributed by atoms with van der Waals surface area (Å²) in [5.74, 6) is 0.374. The van der Waals surface area contributed by atoms with Gasteiger partial charge in [-0.05, 0) is 41.7 Å². The lowest BCUT2D eigenvalue weighted by Gasteiger charge is -2.20. The molecule has 1 heteroatoms. The molecule has 1 nitrogen and oxygen atoms in total. The Kier molecular flexibility index (Phi) is 2.14. The second-order valence-corrected chi connectivity index (χ2v) is 4.16. The lowest BCUT2D eigenvalue weighted by molar-refractivity contribution is 0.446. The molecule has 0 aliphatic carbocycles. The third-order valence-corrected chi connectivity index (χ3v) is 1.88. The fourth-order valence-electron chi connectivity index (χ4n) is 1.19. The quantitative estimate of drug-likeness (QED) is 0.623. The van der Waals surface area contributed by atoms with Crippen LogP contribution in [0.15, 0.2) is 12.1 Å². The highest BCUT2D eigenvalue weighted by Gasteiger charge is 2.17. The van der Waals surface area contributed by atoms with Crippen LogP contribution in [0.2, 0.25) is 0 Å². The summed E-state index contributed by atoms with van der Waals surface area (Å²) in [6.45, 7) is 8.15. The van der Waals surface area contributed by atoms with E-state index in [1.807, 2.05) is 13.0 Å². The zero-order valence-corrected chi connectivity index (χ0v) is 8.10. The second kappa shape index (κ2) is 2.81. The predicted molar refractivity (Wildman–Crippen MR) is 50.4 cm³/mol. The Labute approximate surface area is 74.1 Å². The number of benzene rings is 1. The van der Waals surface area contributed by atoms with Crippen LogP contribution in [0.4, 0.5) is 0 Å². The molecular formula is C11H15O. The molecule has 0 fully saturated rings. The summed E-state index contributed by atoms with van der Waals surface area (Å²) in [7, 11) is 0. The van der Waals surface area contributed by atoms with Crippen LogP contribution in [-0.2, 0) is 5.41 Å². The van der Waals surface area contributed by atoms with Crippen molar-refractivity contribution >= 4 is 0 Å². The highest BCUT2D eigenvalue weighted by molar-refractivity contribution is 5.39. The smallest absolute Gasteiger partial charge is 0.119 e. The van der Waals surface area contributed by atoms with E-state index >= 15 is 0 Å². The molecule has 0 spiro atoms. The molecule has 0 atom stereocenters. The van der Waals surface area contributed by atoms with Gasteiger partial charge in [-0.15, -0.1) is 0 Å². The predicted octanol–water partition coefficient (Wildman–Crippen LogP) is 2.80. The molecule has 0 bridgehead atoms. The Hall–Kier alpha value is -0.980. The van der Waals surface area contributed by atoms with Gasteiger partial charge in [-0.25, -0.2) is 0 Å². The zero-order valence-electron chi connectivity index (χ0n) is 8.10. The molecule has 0 saturated heterocycles. The van der Waals surface area contributed by atoms with Crippen molar-refractivity contribution in [2.24, 2.45) is 0 Å². The molecule has 0 aliphatic heterocycles. The summed E-state index contributed by atoms with van der Waals surface area (Å²) in [6.07, 6.45) is 0. The van der Waals surface area contributed by atoms with E-state index in [-0.39, 0.29) is 5.41 Å². The van der Waals surface area contributed by atoms with Crippen LogP contribution in [-0.4, -0.2) is 5.11 Å². The first kappa shape index (κ1) is 9.11. The number of hydrogen-bond acceptors (Lipinski definition) is 1. The highest BCUT2D eigenvalue weighted by Crippen LogP contribution is 2.30. The Morgan fingerprint density at radius 3 is 2.33 bits per heavy atom. The van der Waals surface area contributed by atoms with Crippen LogP contribution in [0.1, 0.15) is 31.9 Å². The number of phenolic OH excluding ortho intramolecular Hbond substituents is 1. The van der Waals surface area contributed by atoms with Gasteiger partial charge in [0.2, 0.25) is 0 Å². The van der Waals surface area contributed by atoms with Gasteiger partial charge in [0.1, 0.15) is 5.75 Å². The Morgan fingerprint density at radius 2 is 1.92 bits per heavy atom. The summed E-state index contributed by atoms with van der Waals surface area (Å²) in [5.41, 5.74) is 1.92.